The molecule has 7 nitrogen and oxygen atoms in total. The highest BCUT2D eigenvalue weighted by molar-refractivity contribution is 5.75. The largest absolute Gasteiger partial charge is 0.464 e. The SMILES string of the molecule is C=CCOC(=O)N/C(=C/N(C)C(C)C(=O)OCC)COC. The van der Waals surface area contributed by atoms with Gasteiger partial charge in [-0.3, -0.25) is 5.32 Å². The van der Waals surface area contributed by atoms with Crippen LogP contribution in [0.5, 0.6) is 0 Å². The summed E-state index contributed by atoms with van der Waals surface area (Å²) in [6, 6.07) is -0.484. The molecule has 0 heterocycles. The van der Waals surface area contributed by atoms with Gasteiger partial charge in [0.25, 0.3) is 0 Å². The molecule has 0 fully saturated rings. The van der Waals surface area contributed by atoms with E-state index in [1.807, 2.05) is 0 Å². The maximum absolute atomic E-state index is 11.6. The van der Waals surface area contributed by atoms with Gasteiger partial charge in [-0.1, -0.05) is 12.7 Å². The third-order valence-corrected chi connectivity index (χ3v) is 2.49. The van der Waals surface area contributed by atoms with E-state index in [-0.39, 0.29) is 19.2 Å². The number of carbonyl (C=O) groups excluding carboxylic acids is 2. The van der Waals surface area contributed by atoms with Crippen LogP contribution in [0.2, 0.25) is 0 Å². The van der Waals surface area contributed by atoms with Crippen molar-refractivity contribution in [2.75, 3.05) is 34.0 Å². The fraction of sp³-hybridized carbons (Fsp3) is 0.571. The van der Waals surface area contributed by atoms with Crippen LogP contribution in [-0.2, 0) is 19.0 Å². The number of nitrogens with one attached hydrogen (secondary N) is 1. The van der Waals surface area contributed by atoms with Crippen LogP contribution in [0.3, 0.4) is 0 Å². The van der Waals surface area contributed by atoms with Crippen LogP contribution in [0.1, 0.15) is 13.8 Å². The molecular formula is C14H24N2O5. The Bertz CT molecular complexity index is 382. The molecule has 0 saturated carbocycles. The standard InChI is InChI=1S/C14H24N2O5/c1-6-8-21-14(18)15-12(10-19-5)9-16(4)11(3)13(17)20-7-2/h6,9,11H,1,7-8,10H2,2-5H3,(H,15,18)/b12-9+. The molecule has 0 aromatic heterocycles. The van der Waals surface area contributed by atoms with Crippen molar-refractivity contribution < 1.29 is 23.8 Å². The molecule has 21 heavy (non-hydrogen) atoms. The van der Waals surface area contributed by atoms with Gasteiger partial charge < -0.3 is 19.1 Å². The summed E-state index contributed by atoms with van der Waals surface area (Å²) in [6.45, 7) is 7.50. The summed E-state index contributed by atoms with van der Waals surface area (Å²) in [5.74, 6) is -0.345. The van der Waals surface area contributed by atoms with Gasteiger partial charge in [0.15, 0.2) is 0 Å². The number of carbonyl (C=O) groups is 2. The lowest BCUT2D eigenvalue weighted by Gasteiger charge is -2.22. The highest BCUT2D eigenvalue weighted by Crippen LogP contribution is 2.03. The fourth-order valence-electron chi connectivity index (χ4n) is 1.35. The summed E-state index contributed by atoms with van der Waals surface area (Å²) in [5, 5.41) is 2.54. The zero-order chi connectivity index (χ0) is 16.3. The van der Waals surface area contributed by atoms with Gasteiger partial charge in [0.2, 0.25) is 0 Å². The van der Waals surface area contributed by atoms with Crippen LogP contribution in [0.25, 0.3) is 0 Å². The quantitative estimate of drug-likeness (QED) is 0.510. The van der Waals surface area contributed by atoms with Gasteiger partial charge >= 0.3 is 12.1 Å². The second-order valence-electron chi connectivity index (χ2n) is 4.19. The molecule has 0 rings (SSSR count). The number of rotatable bonds is 9. The molecule has 1 atom stereocenters. The van der Waals surface area contributed by atoms with Gasteiger partial charge in [-0.05, 0) is 13.8 Å². The molecule has 0 spiro atoms. The van der Waals surface area contributed by atoms with Crippen LogP contribution >= 0.6 is 0 Å². The zero-order valence-corrected chi connectivity index (χ0v) is 13.0. The van der Waals surface area contributed by atoms with Crippen molar-refractivity contribution >= 4 is 12.1 Å². The molecule has 1 N–H and O–H groups in total. The van der Waals surface area contributed by atoms with Crippen molar-refractivity contribution in [2.45, 2.75) is 19.9 Å². The lowest BCUT2D eigenvalue weighted by Crippen LogP contribution is -2.36. The Balaban J connectivity index is 4.71. The third kappa shape index (κ3) is 7.98. The van der Waals surface area contributed by atoms with E-state index in [0.717, 1.165) is 0 Å². The van der Waals surface area contributed by atoms with Gasteiger partial charge in [-0.15, -0.1) is 0 Å². The van der Waals surface area contributed by atoms with E-state index in [2.05, 4.69) is 11.9 Å². The van der Waals surface area contributed by atoms with Gasteiger partial charge in [-0.2, -0.15) is 0 Å². The highest BCUT2D eigenvalue weighted by atomic mass is 16.5. The molecule has 0 aliphatic carbocycles. The first kappa shape index (κ1) is 19.0. The predicted octanol–water partition coefficient (Wildman–Crippen LogP) is 1.27. The molecule has 0 aromatic rings. The number of esters is 1. The molecular weight excluding hydrogens is 276 g/mol. The minimum Gasteiger partial charge on any atom is -0.464 e. The number of nitrogens with zero attached hydrogens (tertiary/aromatic N) is 1. The van der Waals surface area contributed by atoms with Crippen molar-refractivity contribution in [3.63, 3.8) is 0 Å². The minimum absolute atomic E-state index is 0.112. The molecule has 0 radical (unpaired) electrons. The minimum atomic E-state index is -0.615. The summed E-state index contributed by atoms with van der Waals surface area (Å²) in [5.41, 5.74) is 0.463. The maximum atomic E-state index is 11.6. The number of amides is 1. The lowest BCUT2D eigenvalue weighted by molar-refractivity contribution is -0.147. The molecule has 7 heteroatoms. The average Bonchev–Trinajstić information content (AvgIpc) is 2.44. The lowest BCUT2D eigenvalue weighted by atomic mass is 10.3. The number of alkyl carbamates (subject to hydrolysis) is 1. The van der Waals surface area contributed by atoms with Crippen molar-refractivity contribution in [2.24, 2.45) is 0 Å². The van der Waals surface area contributed by atoms with E-state index in [4.69, 9.17) is 14.2 Å². The Morgan fingerprint density at radius 3 is 2.57 bits per heavy atom. The van der Waals surface area contributed by atoms with Crippen molar-refractivity contribution in [1.29, 1.82) is 0 Å². The Morgan fingerprint density at radius 2 is 2.05 bits per heavy atom. The van der Waals surface area contributed by atoms with E-state index >= 15 is 0 Å². The molecule has 0 bridgehead atoms. The van der Waals surface area contributed by atoms with Crippen molar-refractivity contribution in [3.8, 4) is 0 Å². The first-order valence-corrected chi connectivity index (χ1v) is 6.59. The van der Waals surface area contributed by atoms with Gasteiger partial charge in [0.1, 0.15) is 12.6 Å². The van der Waals surface area contributed by atoms with Crippen LogP contribution in [-0.4, -0.2) is 57.0 Å². The van der Waals surface area contributed by atoms with Gasteiger partial charge in [0, 0.05) is 20.4 Å². The smallest absolute Gasteiger partial charge is 0.411 e. The molecule has 0 aliphatic heterocycles. The van der Waals surface area contributed by atoms with E-state index in [9.17, 15) is 9.59 Å². The fourth-order valence-corrected chi connectivity index (χ4v) is 1.35. The Kier molecular flexibility index (Phi) is 9.70. The summed E-state index contributed by atoms with van der Waals surface area (Å²) < 4.78 is 14.8. The summed E-state index contributed by atoms with van der Waals surface area (Å²) >= 11 is 0. The second-order valence-corrected chi connectivity index (χ2v) is 4.19. The van der Waals surface area contributed by atoms with Crippen molar-refractivity contribution in [3.05, 3.63) is 24.6 Å². The first-order chi connectivity index (χ1) is 9.96. The normalized spacial score (nSPS) is 12.3. The number of methoxy groups -OCH3 is 1. The number of hydrogen-bond acceptors (Lipinski definition) is 6. The van der Waals surface area contributed by atoms with E-state index in [1.54, 1.807) is 32.0 Å². The molecule has 0 aromatic carbocycles. The number of likely N-dealkylation sites (N-methyl/N-ethyl adjacent to an activating group) is 1. The van der Waals surface area contributed by atoms with Crippen molar-refractivity contribution in [1.82, 2.24) is 10.2 Å². The Hall–Kier alpha value is -2.02. The molecule has 0 aliphatic rings. The van der Waals surface area contributed by atoms with Crippen LogP contribution in [0.15, 0.2) is 24.6 Å². The average molecular weight is 300 g/mol. The number of ether oxygens (including phenoxy) is 3. The predicted molar refractivity (Wildman–Crippen MR) is 78.5 cm³/mol. The monoisotopic (exact) mass is 300 g/mol. The summed E-state index contributed by atoms with van der Waals surface area (Å²) in [4.78, 5) is 24.8. The molecule has 120 valence electrons. The summed E-state index contributed by atoms with van der Waals surface area (Å²) in [7, 11) is 3.20. The van der Waals surface area contributed by atoms with Crippen LogP contribution in [0.4, 0.5) is 4.79 Å². The van der Waals surface area contributed by atoms with Crippen LogP contribution in [0, 0.1) is 0 Å². The molecule has 1 amide bonds. The second kappa shape index (κ2) is 10.7. The van der Waals surface area contributed by atoms with E-state index in [1.165, 1.54) is 13.2 Å². The molecule has 0 saturated heterocycles. The van der Waals surface area contributed by atoms with Gasteiger partial charge in [0.05, 0.1) is 18.9 Å². The Labute approximate surface area is 125 Å². The maximum Gasteiger partial charge on any atom is 0.411 e. The number of hydrogen-bond donors (Lipinski definition) is 1. The Morgan fingerprint density at radius 1 is 1.38 bits per heavy atom. The topological polar surface area (TPSA) is 77.1 Å². The first-order valence-electron chi connectivity index (χ1n) is 6.59. The highest BCUT2D eigenvalue weighted by Gasteiger charge is 2.18. The molecule has 1 unspecified atom stereocenters. The zero-order valence-electron chi connectivity index (χ0n) is 13.0. The van der Waals surface area contributed by atoms with Crippen LogP contribution < -0.4 is 5.32 Å². The van der Waals surface area contributed by atoms with Gasteiger partial charge in [-0.25, -0.2) is 9.59 Å². The van der Waals surface area contributed by atoms with E-state index < -0.39 is 12.1 Å². The third-order valence-electron chi connectivity index (χ3n) is 2.49. The summed E-state index contributed by atoms with van der Waals surface area (Å²) in [6.07, 6.45) is 2.45. The van der Waals surface area contributed by atoms with E-state index in [0.29, 0.717) is 12.3 Å².